The zero-order chi connectivity index (χ0) is 7.82. The molecule has 0 spiro atoms. The molecule has 0 radical (unpaired) electrons. The molecule has 0 saturated carbocycles. The van der Waals surface area contributed by atoms with Gasteiger partial charge in [0.25, 0.3) is 0 Å². The van der Waals surface area contributed by atoms with E-state index >= 15 is 0 Å². The predicted molar refractivity (Wildman–Crippen MR) is 44.4 cm³/mol. The SMILES string of the molecule is CCCCOC(=O)CCC.O. The van der Waals surface area contributed by atoms with Gasteiger partial charge >= 0.3 is 5.97 Å². The van der Waals surface area contributed by atoms with Gasteiger partial charge in [0.15, 0.2) is 0 Å². The lowest BCUT2D eigenvalue weighted by Crippen LogP contribution is -2.04. The van der Waals surface area contributed by atoms with Crippen LogP contribution in [-0.2, 0) is 9.53 Å². The Kier molecular flexibility index (Phi) is 11.2. The summed E-state index contributed by atoms with van der Waals surface area (Å²) in [4.78, 5) is 10.7. The van der Waals surface area contributed by atoms with Crippen molar-refractivity contribution in [3.8, 4) is 0 Å². The van der Waals surface area contributed by atoms with Crippen LogP contribution < -0.4 is 0 Å². The number of unbranched alkanes of at least 4 members (excludes halogenated alkanes) is 1. The molecule has 3 nitrogen and oxygen atoms in total. The maximum absolute atomic E-state index is 10.7. The third-order valence-electron chi connectivity index (χ3n) is 1.22. The van der Waals surface area contributed by atoms with Crippen LogP contribution >= 0.6 is 0 Å². The quantitative estimate of drug-likeness (QED) is 0.452. The average Bonchev–Trinajstić information content (AvgIpc) is 1.89. The molecule has 0 aliphatic rings. The Morgan fingerprint density at radius 3 is 2.36 bits per heavy atom. The fraction of sp³-hybridized carbons (Fsp3) is 0.875. The van der Waals surface area contributed by atoms with Crippen molar-refractivity contribution in [2.75, 3.05) is 6.61 Å². The van der Waals surface area contributed by atoms with Crippen LogP contribution in [0.25, 0.3) is 0 Å². The molecule has 3 heteroatoms. The Morgan fingerprint density at radius 1 is 1.27 bits per heavy atom. The van der Waals surface area contributed by atoms with Crippen LogP contribution in [0.1, 0.15) is 39.5 Å². The normalized spacial score (nSPS) is 8.55. The van der Waals surface area contributed by atoms with Crippen molar-refractivity contribution < 1.29 is 15.0 Å². The third kappa shape index (κ3) is 9.43. The first-order valence-electron chi connectivity index (χ1n) is 3.96. The van der Waals surface area contributed by atoms with Crippen LogP contribution in [-0.4, -0.2) is 18.1 Å². The molecular formula is C8H18O3. The highest BCUT2D eigenvalue weighted by Gasteiger charge is 1.97. The lowest BCUT2D eigenvalue weighted by molar-refractivity contribution is -0.143. The minimum atomic E-state index is -0.0593. The molecule has 2 N–H and O–H groups in total. The molecule has 0 bridgehead atoms. The van der Waals surface area contributed by atoms with E-state index in [1.54, 1.807) is 0 Å². The number of hydrogen-bond donors (Lipinski definition) is 0. The van der Waals surface area contributed by atoms with Crippen molar-refractivity contribution in [2.45, 2.75) is 39.5 Å². The van der Waals surface area contributed by atoms with Gasteiger partial charge in [-0.05, 0) is 12.8 Å². The summed E-state index contributed by atoms with van der Waals surface area (Å²) in [6.45, 7) is 4.64. The van der Waals surface area contributed by atoms with Crippen molar-refractivity contribution in [1.29, 1.82) is 0 Å². The maximum Gasteiger partial charge on any atom is 0.305 e. The number of esters is 1. The Hall–Kier alpha value is -0.570. The van der Waals surface area contributed by atoms with Gasteiger partial charge in [0, 0.05) is 6.42 Å². The standard InChI is InChI=1S/C8H16O2.H2O/c1-3-5-7-10-8(9)6-4-2;/h3-7H2,1-2H3;1H2. The highest BCUT2D eigenvalue weighted by atomic mass is 16.5. The second-order valence-corrected chi connectivity index (χ2v) is 2.32. The Labute approximate surface area is 68.0 Å². The molecule has 0 atom stereocenters. The van der Waals surface area contributed by atoms with Gasteiger partial charge < -0.3 is 10.2 Å². The van der Waals surface area contributed by atoms with Crippen molar-refractivity contribution in [1.82, 2.24) is 0 Å². The van der Waals surface area contributed by atoms with Crippen molar-refractivity contribution >= 4 is 5.97 Å². The molecule has 0 fully saturated rings. The number of rotatable bonds is 5. The van der Waals surface area contributed by atoms with Crippen molar-refractivity contribution in [3.63, 3.8) is 0 Å². The van der Waals surface area contributed by atoms with E-state index in [0.29, 0.717) is 13.0 Å². The Morgan fingerprint density at radius 2 is 1.91 bits per heavy atom. The van der Waals surface area contributed by atoms with E-state index < -0.39 is 0 Å². The Balaban J connectivity index is 0. The predicted octanol–water partition coefficient (Wildman–Crippen LogP) is 1.31. The minimum absolute atomic E-state index is 0. The second-order valence-electron chi connectivity index (χ2n) is 2.32. The summed E-state index contributed by atoms with van der Waals surface area (Å²) >= 11 is 0. The minimum Gasteiger partial charge on any atom is -0.466 e. The van der Waals surface area contributed by atoms with Gasteiger partial charge in [0.1, 0.15) is 0 Å². The van der Waals surface area contributed by atoms with Crippen LogP contribution in [0, 0.1) is 0 Å². The van der Waals surface area contributed by atoms with Crippen LogP contribution in [0.4, 0.5) is 0 Å². The van der Waals surface area contributed by atoms with E-state index in [0.717, 1.165) is 19.3 Å². The average molecular weight is 162 g/mol. The largest absolute Gasteiger partial charge is 0.466 e. The molecule has 0 aromatic rings. The van der Waals surface area contributed by atoms with E-state index in [9.17, 15) is 4.79 Å². The highest BCUT2D eigenvalue weighted by Crippen LogP contribution is 1.93. The van der Waals surface area contributed by atoms with E-state index in [-0.39, 0.29) is 11.4 Å². The van der Waals surface area contributed by atoms with Crippen LogP contribution in [0.15, 0.2) is 0 Å². The first-order chi connectivity index (χ1) is 4.81. The smallest absolute Gasteiger partial charge is 0.305 e. The fourth-order valence-corrected chi connectivity index (χ4v) is 0.607. The number of carbonyl (C=O) groups excluding carboxylic acids is 1. The summed E-state index contributed by atoms with van der Waals surface area (Å²) in [6.07, 6.45) is 3.50. The zero-order valence-corrected chi connectivity index (χ0v) is 7.35. The highest BCUT2D eigenvalue weighted by molar-refractivity contribution is 5.69. The zero-order valence-electron chi connectivity index (χ0n) is 7.35. The Bertz CT molecular complexity index is 91.3. The second kappa shape index (κ2) is 9.43. The molecule has 0 aromatic heterocycles. The first kappa shape index (κ1) is 13.1. The topological polar surface area (TPSA) is 57.8 Å². The van der Waals surface area contributed by atoms with Gasteiger partial charge in [-0.1, -0.05) is 20.3 Å². The maximum atomic E-state index is 10.7. The van der Waals surface area contributed by atoms with E-state index in [1.807, 2.05) is 6.92 Å². The molecule has 0 aromatic carbocycles. The van der Waals surface area contributed by atoms with Crippen LogP contribution in [0.2, 0.25) is 0 Å². The van der Waals surface area contributed by atoms with Gasteiger partial charge in [0.05, 0.1) is 6.61 Å². The van der Waals surface area contributed by atoms with E-state index in [1.165, 1.54) is 0 Å². The summed E-state index contributed by atoms with van der Waals surface area (Å²) in [5, 5.41) is 0. The number of carbonyl (C=O) groups is 1. The fourth-order valence-electron chi connectivity index (χ4n) is 0.607. The molecule has 0 saturated heterocycles. The van der Waals surface area contributed by atoms with Crippen LogP contribution in [0.3, 0.4) is 0 Å². The van der Waals surface area contributed by atoms with Crippen molar-refractivity contribution in [2.24, 2.45) is 0 Å². The summed E-state index contributed by atoms with van der Waals surface area (Å²) in [7, 11) is 0. The summed E-state index contributed by atoms with van der Waals surface area (Å²) in [6, 6.07) is 0. The third-order valence-corrected chi connectivity index (χ3v) is 1.22. The molecule has 0 rings (SSSR count). The van der Waals surface area contributed by atoms with Crippen LogP contribution in [0.5, 0.6) is 0 Å². The molecule has 0 aliphatic heterocycles. The van der Waals surface area contributed by atoms with Gasteiger partial charge in [-0.15, -0.1) is 0 Å². The molecule has 0 aliphatic carbocycles. The first-order valence-corrected chi connectivity index (χ1v) is 3.96. The molecule has 0 unspecified atom stereocenters. The summed E-state index contributed by atoms with van der Waals surface area (Å²) in [5.74, 6) is -0.0593. The lowest BCUT2D eigenvalue weighted by atomic mass is 10.3. The summed E-state index contributed by atoms with van der Waals surface area (Å²) < 4.78 is 4.88. The van der Waals surface area contributed by atoms with E-state index in [4.69, 9.17) is 4.74 Å². The molecule has 68 valence electrons. The monoisotopic (exact) mass is 162 g/mol. The van der Waals surface area contributed by atoms with Gasteiger partial charge in [-0.3, -0.25) is 4.79 Å². The molecular weight excluding hydrogens is 144 g/mol. The van der Waals surface area contributed by atoms with Gasteiger partial charge in [-0.2, -0.15) is 0 Å². The molecule has 0 heterocycles. The van der Waals surface area contributed by atoms with Crippen molar-refractivity contribution in [3.05, 3.63) is 0 Å². The lowest BCUT2D eigenvalue weighted by Gasteiger charge is -2.00. The summed E-state index contributed by atoms with van der Waals surface area (Å²) in [5.41, 5.74) is 0. The number of ether oxygens (including phenoxy) is 1. The van der Waals surface area contributed by atoms with Gasteiger partial charge in [-0.25, -0.2) is 0 Å². The molecule has 11 heavy (non-hydrogen) atoms. The van der Waals surface area contributed by atoms with Gasteiger partial charge in [0.2, 0.25) is 0 Å². The number of hydrogen-bond acceptors (Lipinski definition) is 2. The van der Waals surface area contributed by atoms with E-state index in [2.05, 4.69) is 6.92 Å². The molecule has 0 amide bonds.